The van der Waals surface area contributed by atoms with E-state index < -0.39 is 0 Å². The van der Waals surface area contributed by atoms with Crippen molar-refractivity contribution in [2.45, 2.75) is 39.3 Å². The number of benzene rings is 1. The molecule has 0 aliphatic heterocycles. The number of rotatable bonds is 7. The highest BCUT2D eigenvalue weighted by atomic mass is 35.5. The molecule has 0 saturated heterocycles. The molecule has 3 N–H and O–H groups in total. The molecule has 1 unspecified atom stereocenters. The molecule has 1 aromatic carbocycles. The lowest BCUT2D eigenvalue weighted by Gasteiger charge is -2.15. The lowest BCUT2D eigenvalue weighted by molar-refractivity contribution is -0.123. The predicted molar refractivity (Wildman–Crippen MR) is 82.4 cm³/mol. The van der Waals surface area contributed by atoms with E-state index in [1.807, 2.05) is 6.92 Å². The third-order valence-electron chi connectivity index (χ3n) is 2.78. The van der Waals surface area contributed by atoms with Gasteiger partial charge in [-0.2, -0.15) is 0 Å². The van der Waals surface area contributed by atoms with Crippen molar-refractivity contribution in [3.8, 4) is 5.75 Å². The maximum absolute atomic E-state index is 11.7. The Bertz CT molecular complexity index is 467. The highest BCUT2D eigenvalue weighted by molar-refractivity contribution is 6.35. The number of nitrogens with two attached hydrogens (primary N) is 1. The Balaban J connectivity index is 2.63. The summed E-state index contributed by atoms with van der Waals surface area (Å²) < 4.78 is 5.47. The van der Waals surface area contributed by atoms with Crippen molar-refractivity contribution in [2.24, 2.45) is 5.73 Å². The lowest BCUT2D eigenvalue weighted by atomic mass is 10.2. The molecular weight excluding hydrogens is 299 g/mol. The zero-order chi connectivity index (χ0) is 15.1. The molecule has 0 spiro atoms. The van der Waals surface area contributed by atoms with Gasteiger partial charge in [-0.1, -0.05) is 36.5 Å². The molecule has 1 atom stereocenters. The van der Waals surface area contributed by atoms with Crippen LogP contribution in [0, 0.1) is 0 Å². The van der Waals surface area contributed by atoms with Crippen LogP contribution in [0.2, 0.25) is 10.0 Å². The van der Waals surface area contributed by atoms with E-state index in [1.54, 1.807) is 12.1 Å². The summed E-state index contributed by atoms with van der Waals surface area (Å²) in [6.07, 6.45) is 1.95. The number of nitrogens with one attached hydrogen (secondary N) is 1. The summed E-state index contributed by atoms with van der Waals surface area (Å²) in [7, 11) is 0. The summed E-state index contributed by atoms with van der Waals surface area (Å²) in [4.78, 5) is 11.7. The van der Waals surface area contributed by atoms with Crippen molar-refractivity contribution in [1.82, 2.24) is 5.32 Å². The maximum Gasteiger partial charge on any atom is 0.258 e. The van der Waals surface area contributed by atoms with Crippen LogP contribution < -0.4 is 15.8 Å². The van der Waals surface area contributed by atoms with Crippen LogP contribution in [0.25, 0.3) is 0 Å². The van der Waals surface area contributed by atoms with E-state index in [9.17, 15) is 4.79 Å². The Morgan fingerprint density at radius 2 is 2.15 bits per heavy atom. The monoisotopic (exact) mass is 318 g/mol. The highest BCUT2D eigenvalue weighted by Crippen LogP contribution is 2.32. The zero-order valence-electron chi connectivity index (χ0n) is 11.7. The number of carbonyl (C=O) groups excluding carboxylic acids is 1. The molecule has 1 aromatic rings. The van der Waals surface area contributed by atoms with Gasteiger partial charge in [-0.15, -0.1) is 0 Å². The molecule has 0 aromatic heterocycles. The smallest absolute Gasteiger partial charge is 0.258 e. The largest absolute Gasteiger partial charge is 0.482 e. The summed E-state index contributed by atoms with van der Waals surface area (Å²) in [5, 5.41) is 3.70. The van der Waals surface area contributed by atoms with E-state index in [1.165, 1.54) is 0 Å². The first-order valence-electron chi connectivity index (χ1n) is 6.58. The highest BCUT2D eigenvalue weighted by Gasteiger charge is 2.13. The quantitative estimate of drug-likeness (QED) is 0.811. The molecule has 20 heavy (non-hydrogen) atoms. The predicted octanol–water partition coefficient (Wildman–Crippen LogP) is 3.14. The second-order valence-corrected chi connectivity index (χ2v) is 5.47. The van der Waals surface area contributed by atoms with Crippen LogP contribution in [-0.4, -0.2) is 18.6 Å². The summed E-state index contributed by atoms with van der Waals surface area (Å²) in [5.74, 6) is 0.233. The minimum atomic E-state index is -0.181. The van der Waals surface area contributed by atoms with Crippen molar-refractivity contribution in [3.63, 3.8) is 0 Å². The molecule has 0 aliphatic rings. The summed E-state index contributed by atoms with van der Waals surface area (Å²) >= 11 is 11.9. The summed E-state index contributed by atoms with van der Waals surface area (Å²) in [5.41, 5.74) is 6.29. The number of ether oxygens (including phenoxy) is 1. The third kappa shape index (κ3) is 5.19. The Labute approximate surface area is 129 Å². The van der Waals surface area contributed by atoms with Gasteiger partial charge in [0.15, 0.2) is 6.61 Å². The van der Waals surface area contributed by atoms with Gasteiger partial charge in [0.25, 0.3) is 5.91 Å². The van der Waals surface area contributed by atoms with Crippen molar-refractivity contribution in [1.29, 1.82) is 0 Å². The van der Waals surface area contributed by atoms with E-state index in [4.69, 9.17) is 33.7 Å². The minimum absolute atomic E-state index is 0.0948. The average molecular weight is 319 g/mol. The topological polar surface area (TPSA) is 64.3 Å². The summed E-state index contributed by atoms with van der Waals surface area (Å²) in [6.45, 7) is 4.17. The van der Waals surface area contributed by atoms with Crippen LogP contribution in [0.4, 0.5) is 0 Å². The SMILES string of the molecule is CCCC(C)NC(=O)COc1c(Cl)cc(Cl)cc1CN. The zero-order valence-corrected chi connectivity index (χ0v) is 13.2. The molecule has 0 fully saturated rings. The van der Waals surface area contributed by atoms with Gasteiger partial charge in [0.05, 0.1) is 5.02 Å². The average Bonchev–Trinajstić information content (AvgIpc) is 2.36. The molecule has 0 radical (unpaired) electrons. The third-order valence-corrected chi connectivity index (χ3v) is 3.28. The van der Waals surface area contributed by atoms with Crippen LogP contribution in [0.5, 0.6) is 5.75 Å². The van der Waals surface area contributed by atoms with Crippen LogP contribution in [0.1, 0.15) is 32.3 Å². The fraction of sp³-hybridized carbons (Fsp3) is 0.500. The second-order valence-electron chi connectivity index (χ2n) is 4.63. The Morgan fingerprint density at radius 3 is 2.75 bits per heavy atom. The van der Waals surface area contributed by atoms with Crippen molar-refractivity contribution < 1.29 is 9.53 Å². The molecule has 4 nitrogen and oxygen atoms in total. The summed E-state index contributed by atoms with van der Waals surface area (Å²) in [6, 6.07) is 3.38. The maximum atomic E-state index is 11.7. The van der Waals surface area contributed by atoms with Crippen LogP contribution in [0.3, 0.4) is 0 Å². The molecule has 0 saturated carbocycles. The van der Waals surface area contributed by atoms with Crippen molar-refractivity contribution in [3.05, 3.63) is 27.7 Å². The standard InChI is InChI=1S/C14H20Cl2N2O2/c1-3-4-9(2)18-13(19)8-20-14-10(7-17)5-11(15)6-12(14)16/h5-6,9H,3-4,7-8,17H2,1-2H3,(H,18,19). The van der Waals surface area contributed by atoms with E-state index in [0.717, 1.165) is 12.8 Å². The van der Waals surface area contributed by atoms with Gasteiger partial charge < -0.3 is 15.8 Å². The Kier molecular flexibility index (Phi) is 7.13. The van der Waals surface area contributed by atoms with Crippen molar-refractivity contribution in [2.75, 3.05) is 6.61 Å². The van der Waals surface area contributed by atoms with Crippen molar-refractivity contribution >= 4 is 29.1 Å². The molecule has 0 bridgehead atoms. The molecule has 6 heteroatoms. The van der Waals surface area contributed by atoms with E-state index in [2.05, 4.69) is 12.2 Å². The fourth-order valence-corrected chi connectivity index (χ4v) is 2.48. The van der Waals surface area contributed by atoms with E-state index in [-0.39, 0.29) is 25.1 Å². The van der Waals surface area contributed by atoms with Gasteiger partial charge in [0.2, 0.25) is 0 Å². The molecule has 1 amide bonds. The van der Waals surface area contributed by atoms with Gasteiger partial charge >= 0.3 is 0 Å². The molecule has 112 valence electrons. The minimum Gasteiger partial charge on any atom is -0.482 e. The van der Waals surface area contributed by atoms with Crippen LogP contribution >= 0.6 is 23.2 Å². The van der Waals surface area contributed by atoms with E-state index in [0.29, 0.717) is 21.4 Å². The van der Waals surface area contributed by atoms with Gasteiger partial charge in [-0.3, -0.25) is 4.79 Å². The number of carbonyl (C=O) groups is 1. The lowest BCUT2D eigenvalue weighted by Crippen LogP contribution is -2.36. The number of halogens is 2. The number of hydrogen-bond donors (Lipinski definition) is 2. The normalized spacial score (nSPS) is 12.1. The molecule has 1 rings (SSSR count). The number of hydrogen-bond acceptors (Lipinski definition) is 3. The Hall–Kier alpha value is -0.970. The molecular formula is C14H20Cl2N2O2. The first-order chi connectivity index (χ1) is 9.47. The second kappa shape index (κ2) is 8.35. The van der Waals surface area contributed by atoms with Crippen LogP contribution in [-0.2, 0) is 11.3 Å². The number of amides is 1. The van der Waals surface area contributed by atoms with Gasteiger partial charge in [-0.25, -0.2) is 0 Å². The molecule has 0 aliphatic carbocycles. The van der Waals surface area contributed by atoms with Gasteiger partial charge in [0.1, 0.15) is 5.75 Å². The Morgan fingerprint density at radius 1 is 1.45 bits per heavy atom. The van der Waals surface area contributed by atoms with Gasteiger partial charge in [0, 0.05) is 23.2 Å². The van der Waals surface area contributed by atoms with Crippen LogP contribution in [0.15, 0.2) is 12.1 Å². The molecule has 0 heterocycles. The first kappa shape index (κ1) is 17.1. The first-order valence-corrected chi connectivity index (χ1v) is 7.33. The van der Waals surface area contributed by atoms with Gasteiger partial charge in [-0.05, 0) is 25.5 Å². The fourth-order valence-electron chi connectivity index (χ4n) is 1.89. The van der Waals surface area contributed by atoms with E-state index >= 15 is 0 Å².